The smallest absolute Gasteiger partial charge is 0.197 e. The Bertz CT molecular complexity index is 1170. The number of ether oxygens (including phenoxy) is 1. The molecule has 1 unspecified atom stereocenters. The van der Waals surface area contributed by atoms with Crippen molar-refractivity contribution in [2.45, 2.75) is 30.5 Å². The zero-order valence-corrected chi connectivity index (χ0v) is 15.9. The normalized spacial score (nSPS) is 26.3. The minimum absolute atomic E-state index is 0.0198. The van der Waals surface area contributed by atoms with Crippen LogP contribution in [0.2, 0.25) is 0 Å². The van der Waals surface area contributed by atoms with Crippen LogP contribution >= 0.6 is 0 Å². The first-order valence-electron chi connectivity index (χ1n) is 9.35. The lowest BCUT2D eigenvalue weighted by Crippen LogP contribution is -2.55. The number of aliphatic hydroxyl groups excluding tert-OH is 4. The Morgan fingerprint density at radius 2 is 1.58 bits per heavy atom. The molecule has 10 heteroatoms. The predicted molar refractivity (Wildman–Crippen MR) is 106 cm³/mol. The predicted octanol–water partition coefficient (Wildman–Crippen LogP) is 0.0917. The Hall–Kier alpha value is -3.15. The molecule has 0 spiro atoms. The summed E-state index contributed by atoms with van der Waals surface area (Å²) in [6, 6.07) is 8.00. The molecule has 31 heavy (non-hydrogen) atoms. The summed E-state index contributed by atoms with van der Waals surface area (Å²) >= 11 is 0. The lowest BCUT2D eigenvalue weighted by Gasteiger charge is -2.40. The van der Waals surface area contributed by atoms with Gasteiger partial charge in [0, 0.05) is 17.7 Å². The minimum atomic E-state index is -1.77. The number of hydrogen-bond acceptors (Lipinski definition) is 10. The minimum Gasteiger partial charge on any atom is -0.508 e. The number of aromatic hydroxyl groups is 3. The Morgan fingerprint density at radius 1 is 0.903 bits per heavy atom. The standard InChI is InChI=1S/C21H20O10/c22-7-14-17(26)19(28)20(29)21(31-14)16-11(25)6-13-15(18(16)27)10(24)5-12(30-13)8-1-3-9(23)4-2-8/h1-6,14,17,19-23,25-29H,7H2/t14-,17-,19+,20-,21?/m1/s1. The van der Waals surface area contributed by atoms with Crippen LogP contribution in [0, 0.1) is 0 Å². The SMILES string of the molecule is O=c1cc(-c2ccc(O)cc2)oc2cc(O)c(C3O[C@H](CO)[C@@H](O)[C@H](O)[C@H]3O)c(O)c12. The van der Waals surface area contributed by atoms with E-state index in [1.54, 1.807) is 0 Å². The molecule has 0 bridgehead atoms. The van der Waals surface area contributed by atoms with E-state index in [2.05, 4.69) is 0 Å². The van der Waals surface area contributed by atoms with Gasteiger partial charge in [0.05, 0.1) is 12.2 Å². The largest absolute Gasteiger partial charge is 0.508 e. The molecule has 1 aromatic heterocycles. The van der Waals surface area contributed by atoms with Crippen LogP contribution in [0.5, 0.6) is 17.2 Å². The van der Waals surface area contributed by atoms with Crippen LogP contribution in [0.4, 0.5) is 0 Å². The maximum absolute atomic E-state index is 12.7. The van der Waals surface area contributed by atoms with E-state index in [-0.39, 0.29) is 22.5 Å². The topological polar surface area (TPSA) is 181 Å². The van der Waals surface area contributed by atoms with Gasteiger partial charge in [-0.05, 0) is 24.3 Å². The molecule has 2 heterocycles. The molecule has 0 saturated carbocycles. The van der Waals surface area contributed by atoms with Crippen molar-refractivity contribution in [3.8, 4) is 28.6 Å². The molecule has 3 aromatic rings. The third-order valence-corrected chi connectivity index (χ3v) is 5.34. The third-order valence-electron chi connectivity index (χ3n) is 5.34. The average molecular weight is 432 g/mol. The molecule has 1 saturated heterocycles. The van der Waals surface area contributed by atoms with Gasteiger partial charge in [-0.2, -0.15) is 0 Å². The Balaban J connectivity index is 1.85. The number of hydrogen-bond donors (Lipinski definition) is 7. The Labute approximate surface area is 174 Å². The van der Waals surface area contributed by atoms with Gasteiger partial charge in [0.1, 0.15) is 64.5 Å². The third kappa shape index (κ3) is 3.50. The first-order chi connectivity index (χ1) is 14.7. The summed E-state index contributed by atoms with van der Waals surface area (Å²) < 4.78 is 11.0. The van der Waals surface area contributed by atoms with E-state index in [1.165, 1.54) is 24.3 Å². The van der Waals surface area contributed by atoms with Crippen molar-refractivity contribution >= 4 is 11.0 Å². The molecule has 2 aromatic carbocycles. The molecule has 1 aliphatic rings. The second-order valence-electron chi connectivity index (χ2n) is 7.30. The molecule has 10 nitrogen and oxygen atoms in total. The second-order valence-corrected chi connectivity index (χ2v) is 7.30. The van der Waals surface area contributed by atoms with Crippen LogP contribution in [0.1, 0.15) is 11.7 Å². The van der Waals surface area contributed by atoms with Crippen molar-refractivity contribution in [3.05, 3.63) is 52.2 Å². The summed E-state index contributed by atoms with van der Waals surface area (Å²) in [5.74, 6) is -1.19. The molecular formula is C21H20O10. The lowest BCUT2D eigenvalue weighted by molar-refractivity contribution is -0.232. The van der Waals surface area contributed by atoms with Crippen molar-refractivity contribution in [2.24, 2.45) is 0 Å². The highest BCUT2D eigenvalue weighted by molar-refractivity contribution is 5.88. The Morgan fingerprint density at radius 3 is 2.23 bits per heavy atom. The Kier molecular flexibility index (Phi) is 5.33. The molecule has 7 N–H and O–H groups in total. The fourth-order valence-electron chi connectivity index (χ4n) is 3.69. The van der Waals surface area contributed by atoms with Crippen molar-refractivity contribution in [3.63, 3.8) is 0 Å². The lowest BCUT2D eigenvalue weighted by atomic mass is 9.89. The van der Waals surface area contributed by atoms with Crippen molar-refractivity contribution < 1.29 is 44.9 Å². The molecule has 4 rings (SSSR count). The maximum atomic E-state index is 12.7. The zero-order valence-electron chi connectivity index (χ0n) is 15.9. The van der Waals surface area contributed by atoms with Gasteiger partial charge in [0.2, 0.25) is 0 Å². The zero-order chi connectivity index (χ0) is 22.4. The molecule has 0 aliphatic carbocycles. The molecule has 5 atom stereocenters. The average Bonchev–Trinajstić information content (AvgIpc) is 2.73. The summed E-state index contributed by atoms with van der Waals surface area (Å²) in [7, 11) is 0. The van der Waals surface area contributed by atoms with Gasteiger partial charge in [-0.25, -0.2) is 0 Å². The first-order valence-corrected chi connectivity index (χ1v) is 9.35. The number of phenolic OH excluding ortho intramolecular Hbond substituents is 3. The number of aliphatic hydroxyl groups is 4. The quantitative estimate of drug-likeness (QED) is 0.300. The molecule has 0 amide bonds. The molecule has 1 fully saturated rings. The van der Waals surface area contributed by atoms with Gasteiger partial charge < -0.3 is 44.9 Å². The van der Waals surface area contributed by atoms with Crippen LogP contribution in [0.25, 0.3) is 22.3 Å². The summed E-state index contributed by atoms with van der Waals surface area (Å²) in [6.07, 6.45) is -7.95. The monoisotopic (exact) mass is 432 g/mol. The molecule has 0 radical (unpaired) electrons. The van der Waals surface area contributed by atoms with E-state index in [1.807, 2.05) is 0 Å². The van der Waals surface area contributed by atoms with Gasteiger partial charge in [-0.1, -0.05) is 0 Å². The van der Waals surface area contributed by atoms with Crippen LogP contribution in [-0.4, -0.2) is 66.8 Å². The number of phenols is 3. The van der Waals surface area contributed by atoms with E-state index >= 15 is 0 Å². The maximum Gasteiger partial charge on any atom is 0.197 e. The fourth-order valence-corrected chi connectivity index (χ4v) is 3.69. The molecular weight excluding hydrogens is 412 g/mol. The van der Waals surface area contributed by atoms with Crippen molar-refractivity contribution in [1.29, 1.82) is 0 Å². The number of rotatable bonds is 3. The van der Waals surface area contributed by atoms with Gasteiger partial charge in [-0.3, -0.25) is 4.79 Å². The van der Waals surface area contributed by atoms with Gasteiger partial charge >= 0.3 is 0 Å². The second kappa shape index (κ2) is 7.84. The van der Waals surface area contributed by atoms with Crippen LogP contribution < -0.4 is 5.43 Å². The summed E-state index contributed by atoms with van der Waals surface area (Å²) in [6.45, 7) is -0.700. The number of benzene rings is 2. The van der Waals surface area contributed by atoms with Crippen LogP contribution in [0.15, 0.2) is 45.6 Å². The summed E-state index contributed by atoms with van der Waals surface area (Å²) in [4.78, 5) is 12.7. The summed E-state index contributed by atoms with van der Waals surface area (Å²) in [5, 5.41) is 70.0. The summed E-state index contributed by atoms with van der Waals surface area (Å²) in [5.41, 5.74) is -0.741. The van der Waals surface area contributed by atoms with Gasteiger partial charge in [0.15, 0.2) is 5.43 Å². The van der Waals surface area contributed by atoms with E-state index < -0.39 is 59.6 Å². The van der Waals surface area contributed by atoms with Gasteiger partial charge in [0.25, 0.3) is 0 Å². The first kappa shape index (κ1) is 21.1. The number of fused-ring (bicyclic) bond motifs is 1. The van der Waals surface area contributed by atoms with E-state index in [9.17, 15) is 40.5 Å². The molecule has 1 aliphatic heterocycles. The van der Waals surface area contributed by atoms with Crippen molar-refractivity contribution in [2.75, 3.05) is 6.61 Å². The van der Waals surface area contributed by atoms with E-state index in [0.717, 1.165) is 12.1 Å². The van der Waals surface area contributed by atoms with Crippen LogP contribution in [0.3, 0.4) is 0 Å². The highest BCUT2D eigenvalue weighted by Crippen LogP contribution is 2.44. The highest BCUT2D eigenvalue weighted by Gasteiger charge is 2.46. The van der Waals surface area contributed by atoms with Crippen molar-refractivity contribution in [1.82, 2.24) is 0 Å². The van der Waals surface area contributed by atoms with E-state index in [4.69, 9.17) is 9.15 Å². The molecule has 164 valence electrons. The van der Waals surface area contributed by atoms with Gasteiger partial charge in [-0.15, -0.1) is 0 Å². The highest BCUT2D eigenvalue weighted by atomic mass is 16.5. The fraction of sp³-hybridized carbons (Fsp3) is 0.286. The van der Waals surface area contributed by atoms with E-state index in [0.29, 0.717) is 5.56 Å². The van der Waals surface area contributed by atoms with Crippen LogP contribution in [-0.2, 0) is 4.74 Å².